The number of nitrogens with one attached hydrogen (secondary N) is 1. The number of nitrogen functional groups attached to an aromatic ring is 1. The summed E-state index contributed by atoms with van der Waals surface area (Å²) in [6.07, 6.45) is 0. The summed E-state index contributed by atoms with van der Waals surface area (Å²) in [6, 6.07) is 7.52. The number of rotatable bonds is 4. The maximum Gasteiger partial charge on any atom is 0.244 e. The summed E-state index contributed by atoms with van der Waals surface area (Å²) in [5, 5.41) is 7.04. The van der Waals surface area contributed by atoms with E-state index in [1.807, 2.05) is 31.2 Å². The predicted octanol–water partition coefficient (Wildman–Crippen LogP) is 1.29. The molecule has 0 fully saturated rings. The van der Waals surface area contributed by atoms with Crippen LogP contribution in [0, 0.1) is 0 Å². The van der Waals surface area contributed by atoms with Gasteiger partial charge in [-0.1, -0.05) is 0 Å². The van der Waals surface area contributed by atoms with Crippen LogP contribution in [0.4, 0.5) is 11.9 Å². The third-order valence-corrected chi connectivity index (χ3v) is 2.25. The van der Waals surface area contributed by atoms with Crippen LogP contribution < -0.4 is 15.8 Å². The molecule has 0 aliphatic rings. The molecular weight excluding hydrogens is 218 g/mol. The van der Waals surface area contributed by atoms with E-state index in [9.17, 15) is 0 Å². The van der Waals surface area contributed by atoms with Gasteiger partial charge in [-0.3, -0.25) is 0 Å². The van der Waals surface area contributed by atoms with Gasteiger partial charge in [-0.15, -0.1) is 5.10 Å². The molecule has 0 bridgehead atoms. The molecule has 1 heterocycles. The van der Waals surface area contributed by atoms with Gasteiger partial charge in [0, 0.05) is 7.05 Å². The fraction of sp³-hybridized carbons (Fsp3) is 0.273. The lowest BCUT2D eigenvalue weighted by atomic mass is 10.3. The second kappa shape index (κ2) is 4.73. The fourth-order valence-electron chi connectivity index (χ4n) is 1.47. The third-order valence-electron chi connectivity index (χ3n) is 2.25. The van der Waals surface area contributed by atoms with E-state index in [0.717, 1.165) is 11.4 Å². The summed E-state index contributed by atoms with van der Waals surface area (Å²) in [5.41, 5.74) is 6.61. The summed E-state index contributed by atoms with van der Waals surface area (Å²) in [6.45, 7) is 2.59. The second-order valence-corrected chi connectivity index (χ2v) is 3.38. The highest BCUT2D eigenvalue weighted by Crippen LogP contribution is 2.17. The Hall–Kier alpha value is -2.24. The maximum atomic E-state index is 5.76. The molecule has 0 aliphatic carbocycles. The van der Waals surface area contributed by atoms with Crippen molar-refractivity contribution < 1.29 is 4.74 Å². The standard InChI is InChI=1S/C11H15N5O/c1-3-17-9-6-4-8(5-7-9)16-10(12)14-11(13-2)15-16/h4-7H,3H2,1-2H3,(H3,12,13,14,15). The van der Waals surface area contributed by atoms with Crippen LogP contribution in [0.2, 0.25) is 0 Å². The van der Waals surface area contributed by atoms with Crippen LogP contribution in [0.1, 0.15) is 6.92 Å². The minimum Gasteiger partial charge on any atom is -0.494 e. The number of anilines is 2. The SMILES string of the molecule is CCOc1ccc(-n2nc(NC)nc2N)cc1. The average molecular weight is 233 g/mol. The van der Waals surface area contributed by atoms with Crippen LogP contribution in [-0.2, 0) is 0 Å². The molecule has 6 heteroatoms. The minimum absolute atomic E-state index is 0.346. The van der Waals surface area contributed by atoms with E-state index < -0.39 is 0 Å². The van der Waals surface area contributed by atoms with Crippen molar-refractivity contribution in [2.24, 2.45) is 0 Å². The number of benzene rings is 1. The second-order valence-electron chi connectivity index (χ2n) is 3.38. The first-order valence-electron chi connectivity index (χ1n) is 5.38. The van der Waals surface area contributed by atoms with E-state index in [2.05, 4.69) is 15.4 Å². The molecule has 0 saturated carbocycles. The number of nitrogens with zero attached hydrogens (tertiary/aromatic N) is 3. The molecule has 0 aliphatic heterocycles. The number of aromatic nitrogens is 3. The number of hydrogen-bond acceptors (Lipinski definition) is 5. The first-order chi connectivity index (χ1) is 8.24. The summed E-state index contributed by atoms with van der Waals surface area (Å²) < 4.78 is 6.94. The Morgan fingerprint density at radius 2 is 2.06 bits per heavy atom. The zero-order valence-corrected chi connectivity index (χ0v) is 9.84. The van der Waals surface area contributed by atoms with Gasteiger partial charge in [0.1, 0.15) is 5.75 Å². The van der Waals surface area contributed by atoms with E-state index in [4.69, 9.17) is 10.5 Å². The van der Waals surface area contributed by atoms with Crippen molar-refractivity contribution in [3.8, 4) is 11.4 Å². The first kappa shape index (κ1) is 11.3. The quantitative estimate of drug-likeness (QED) is 0.832. The molecule has 0 amide bonds. The fourth-order valence-corrected chi connectivity index (χ4v) is 1.47. The van der Waals surface area contributed by atoms with Gasteiger partial charge in [0.15, 0.2) is 0 Å². The van der Waals surface area contributed by atoms with E-state index >= 15 is 0 Å². The van der Waals surface area contributed by atoms with Gasteiger partial charge in [-0.2, -0.15) is 9.67 Å². The van der Waals surface area contributed by atoms with Gasteiger partial charge >= 0.3 is 0 Å². The van der Waals surface area contributed by atoms with E-state index in [-0.39, 0.29) is 0 Å². The zero-order chi connectivity index (χ0) is 12.3. The summed E-state index contributed by atoms with van der Waals surface area (Å²) in [5.74, 6) is 1.67. The van der Waals surface area contributed by atoms with Crippen LogP contribution in [0.5, 0.6) is 5.75 Å². The zero-order valence-electron chi connectivity index (χ0n) is 9.84. The van der Waals surface area contributed by atoms with Crippen LogP contribution in [0.3, 0.4) is 0 Å². The molecule has 0 unspecified atom stereocenters. The molecule has 0 spiro atoms. The van der Waals surface area contributed by atoms with Crippen molar-refractivity contribution in [3.05, 3.63) is 24.3 Å². The lowest BCUT2D eigenvalue weighted by molar-refractivity contribution is 0.340. The highest BCUT2D eigenvalue weighted by Gasteiger charge is 2.07. The van der Waals surface area contributed by atoms with E-state index in [1.165, 1.54) is 0 Å². The molecule has 2 aromatic rings. The van der Waals surface area contributed by atoms with Gasteiger partial charge in [0.2, 0.25) is 11.9 Å². The van der Waals surface area contributed by atoms with Crippen LogP contribution >= 0.6 is 0 Å². The molecule has 0 radical (unpaired) electrons. The number of nitrogens with two attached hydrogens (primary N) is 1. The smallest absolute Gasteiger partial charge is 0.244 e. The lowest BCUT2D eigenvalue weighted by Crippen LogP contribution is -2.02. The number of ether oxygens (including phenoxy) is 1. The van der Waals surface area contributed by atoms with Crippen LogP contribution in [0.15, 0.2) is 24.3 Å². The van der Waals surface area contributed by atoms with E-state index in [1.54, 1.807) is 11.7 Å². The lowest BCUT2D eigenvalue weighted by Gasteiger charge is -2.05. The Labute approximate surface area is 99.4 Å². The summed E-state index contributed by atoms with van der Waals surface area (Å²) >= 11 is 0. The molecule has 17 heavy (non-hydrogen) atoms. The summed E-state index contributed by atoms with van der Waals surface area (Å²) in [7, 11) is 1.75. The third kappa shape index (κ3) is 2.30. The van der Waals surface area contributed by atoms with Gasteiger partial charge in [0.25, 0.3) is 0 Å². The normalized spacial score (nSPS) is 10.2. The average Bonchev–Trinajstić information content (AvgIpc) is 2.72. The molecule has 2 rings (SSSR count). The predicted molar refractivity (Wildman–Crippen MR) is 66.5 cm³/mol. The Morgan fingerprint density at radius 3 is 2.59 bits per heavy atom. The largest absolute Gasteiger partial charge is 0.494 e. The minimum atomic E-state index is 0.346. The Kier molecular flexibility index (Phi) is 3.13. The number of hydrogen-bond donors (Lipinski definition) is 2. The molecule has 1 aromatic heterocycles. The van der Waals surface area contributed by atoms with Crippen molar-refractivity contribution in [2.45, 2.75) is 6.92 Å². The highest BCUT2D eigenvalue weighted by atomic mass is 16.5. The van der Waals surface area contributed by atoms with Crippen molar-refractivity contribution in [3.63, 3.8) is 0 Å². The Morgan fingerprint density at radius 1 is 1.35 bits per heavy atom. The van der Waals surface area contributed by atoms with Crippen LogP contribution in [0.25, 0.3) is 5.69 Å². The molecule has 90 valence electrons. The molecule has 0 saturated heterocycles. The van der Waals surface area contributed by atoms with Gasteiger partial charge < -0.3 is 15.8 Å². The molecule has 6 nitrogen and oxygen atoms in total. The Bertz CT molecular complexity index is 491. The highest BCUT2D eigenvalue weighted by molar-refractivity contribution is 5.43. The van der Waals surface area contributed by atoms with Gasteiger partial charge in [0.05, 0.1) is 12.3 Å². The van der Waals surface area contributed by atoms with Crippen molar-refractivity contribution in [1.29, 1.82) is 0 Å². The van der Waals surface area contributed by atoms with Gasteiger partial charge in [-0.05, 0) is 31.2 Å². The van der Waals surface area contributed by atoms with Crippen LogP contribution in [-0.4, -0.2) is 28.4 Å². The topological polar surface area (TPSA) is 78.0 Å². The van der Waals surface area contributed by atoms with E-state index in [0.29, 0.717) is 18.5 Å². The molecular formula is C11H15N5O. The van der Waals surface area contributed by atoms with Crippen molar-refractivity contribution in [2.75, 3.05) is 24.7 Å². The molecule has 1 aromatic carbocycles. The van der Waals surface area contributed by atoms with Gasteiger partial charge in [-0.25, -0.2) is 0 Å². The Balaban J connectivity index is 2.29. The first-order valence-corrected chi connectivity index (χ1v) is 5.38. The summed E-state index contributed by atoms with van der Waals surface area (Å²) in [4.78, 5) is 4.05. The van der Waals surface area contributed by atoms with Crippen molar-refractivity contribution in [1.82, 2.24) is 14.8 Å². The molecule has 0 atom stereocenters. The van der Waals surface area contributed by atoms with Crippen molar-refractivity contribution >= 4 is 11.9 Å². The molecule has 3 N–H and O–H groups in total. The monoisotopic (exact) mass is 233 g/mol. The maximum absolute atomic E-state index is 5.76.